The molecular weight excluding hydrogens is 986 g/mol. The second-order valence-corrected chi connectivity index (χ2v) is 10.2. The van der Waals surface area contributed by atoms with Gasteiger partial charge in [-0.25, -0.2) is 19.9 Å². The summed E-state index contributed by atoms with van der Waals surface area (Å²) in [6.07, 6.45) is 15.3. The highest BCUT2D eigenvalue weighted by atomic mass is 127. The molecule has 0 unspecified atom stereocenters. The van der Waals surface area contributed by atoms with Gasteiger partial charge < -0.3 is 54.7 Å². The monoisotopic (exact) mass is 1010 g/mol. The van der Waals surface area contributed by atoms with Crippen molar-refractivity contribution >= 4 is 90.4 Å². The van der Waals surface area contributed by atoms with Crippen molar-refractivity contribution in [2.75, 3.05) is 6.61 Å². The van der Waals surface area contributed by atoms with Crippen LogP contribution in [-0.2, 0) is 0 Å². The number of pyridine rings is 4. The first-order valence-electron chi connectivity index (χ1n) is 9.06. The van der Waals surface area contributed by atoms with Crippen molar-refractivity contribution < 1.29 is 74.7 Å². The van der Waals surface area contributed by atoms with Gasteiger partial charge in [-0.1, -0.05) is 0 Å². The van der Waals surface area contributed by atoms with E-state index in [1.807, 2.05) is 98.1 Å². The molecule has 4 aromatic rings. The summed E-state index contributed by atoms with van der Waals surface area (Å²) in [7, 11) is 0. The van der Waals surface area contributed by atoms with Crippen LogP contribution >= 0.6 is 90.4 Å². The molecule has 0 radical (unpaired) electrons. The van der Waals surface area contributed by atoms with Crippen LogP contribution in [0.3, 0.4) is 0 Å². The van der Waals surface area contributed by atoms with E-state index in [0.717, 1.165) is 0 Å². The van der Waals surface area contributed by atoms with Crippen molar-refractivity contribution in [2.24, 2.45) is 0 Å². The Balaban J connectivity index is -0.000000106. The van der Waals surface area contributed by atoms with Crippen molar-refractivity contribution in [3.8, 4) is 0 Å². The van der Waals surface area contributed by atoms with Gasteiger partial charge in [0.15, 0.2) is 49.6 Å². The van der Waals surface area contributed by atoms with Crippen molar-refractivity contribution in [1.29, 1.82) is 0 Å². The predicted molar refractivity (Wildman–Crippen MR) is 156 cm³/mol. The number of hydrogen-bond donors (Lipinski definition) is 1. The van der Waals surface area contributed by atoms with Gasteiger partial charge in [-0.05, 0) is 122 Å². The molecule has 0 aliphatic heterocycles. The average molecular weight is 1010 g/mol. The summed E-state index contributed by atoms with van der Waals surface area (Å²) in [5.41, 5.74) is 0. The Hall–Kier alpha value is 0.640. The average Bonchev–Trinajstić information content (AvgIpc) is 2.78. The zero-order chi connectivity index (χ0) is 23.2. The second-order valence-electron chi connectivity index (χ2n) is 5.20. The molecule has 0 spiro atoms. The lowest BCUT2D eigenvalue weighted by atomic mass is 10.5. The van der Waals surface area contributed by atoms with Crippen LogP contribution in [0, 0.1) is 14.3 Å². The molecule has 0 bridgehead atoms. The van der Waals surface area contributed by atoms with Crippen LogP contribution < -0.4 is 69.6 Å². The number of aliphatic hydroxyl groups is 1. The zero-order valence-corrected chi connectivity index (χ0v) is 30.1. The van der Waals surface area contributed by atoms with Crippen molar-refractivity contribution in [2.45, 2.75) is 6.92 Å². The number of aliphatic hydroxyl groups excluding tert-OH is 1. The van der Waals surface area contributed by atoms with Crippen LogP contribution in [0.5, 0.6) is 0 Å². The maximum atomic E-state index is 7.57. The normalized spacial score (nSPS) is 7.49. The first-order valence-corrected chi connectivity index (χ1v) is 13.4. The Morgan fingerprint density at radius 3 is 0.743 bits per heavy atom. The largest absolute Gasteiger partial charge is 1.00 e. The smallest absolute Gasteiger partial charge is 0.180 e. The molecule has 4 heterocycles. The van der Waals surface area contributed by atoms with Crippen LogP contribution in [0.2, 0.25) is 0 Å². The summed E-state index contributed by atoms with van der Waals surface area (Å²) in [4.78, 5) is 11.8. The number of nitrogens with one attached hydrogen (secondary N) is 4. The highest BCUT2D eigenvalue weighted by Gasteiger charge is 1.83. The van der Waals surface area contributed by atoms with E-state index in [9.17, 15) is 0 Å². The van der Waals surface area contributed by atoms with E-state index in [4.69, 9.17) is 5.11 Å². The van der Waals surface area contributed by atoms with Gasteiger partial charge in [0.05, 0.1) is 14.3 Å². The number of rotatable bonds is 0. The molecular formula is C22H26Cl4I4N4O. The molecule has 196 valence electrons. The first kappa shape index (κ1) is 45.6. The van der Waals surface area contributed by atoms with Crippen molar-refractivity contribution in [3.05, 3.63) is 112 Å². The minimum absolute atomic E-state index is 0. The van der Waals surface area contributed by atoms with Gasteiger partial charge in [0, 0.05) is 30.9 Å². The molecule has 4 rings (SSSR count). The van der Waals surface area contributed by atoms with Gasteiger partial charge in [0.25, 0.3) is 0 Å². The summed E-state index contributed by atoms with van der Waals surface area (Å²) in [5, 5.41) is 7.57. The summed E-state index contributed by atoms with van der Waals surface area (Å²) in [5.74, 6) is 0. The third-order valence-corrected chi connectivity index (χ3v) is 5.36. The molecule has 4 aromatic heterocycles. The molecule has 0 aromatic carbocycles. The van der Waals surface area contributed by atoms with E-state index < -0.39 is 0 Å². The summed E-state index contributed by atoms with van der Waals surface area (Å²) >= 11 is 8.99. The molecule has 0 amide bonds. The maximum Gasteiger partial charge on any atom is 0.180 e. The topological polar surface area (TPSA) is 76.8 Å². The van der Waals surface area contributed by atoms with E-state index in [0.29, 0.717) is 0 Å². The molecule has 0 aliphatic carbocycles. The Bertz CT molecular complexity index is 743. The highest BCUT2D eigenvalue weighted by Crippen LogP contribution is 1.96. The van der Waals surface area contributed by atoms with Crippen LogP contribution in [-0.4, -0.2) is 11.7 Å². The SMILES string of the molecule is CCO.Ic1ccc[nH+]c1.Ic1ccc[nH+]c1.Ic1ccc[nH+]c1.Ic1ccc[nH+]c1.[Cl-].[Cl-].[Cl-].[Cl-]. The fraction of sp³-hybridized carbons (Fsp3) is 0.0909. The molecule has 0 saturated carbocycles. The minimum Gasteiger partial charge on any atom is -1.00 e. The molecule has 13 heteroatoms. The predicted octanol–water partition coefficient (Wildman–Crippen LogP) is -7.56. The summed E-state index contributed by atoms with van der Waals surface area (Å²) in [6, 6.07) is 16.1. The number of halogens is 8. The number of hydrogen-bond acceptors (Lipinski definition) is 1. The third-order valence-electron chi connectivity index (χ3n) is 2.68. The lowest BCUT2D eigenvalue weighted by Gasteiger charge is -1.74. The van der Waals surface area contributed by atoms with Gasteiger partial charge >= 0.3 is 0 Å². The maximum absolute atomic E-state index is 7.57. The van der Waals surface area contributed by atoms with Gasteiger partial charge in [0.1, 0.15) is 0 Å². The fourth-order valence-electron chi connectivity index (χ4n) is 1.49. The quantitative estimate of drug-likeness (QED) is 0.175. The van der Waals surface area contributed by atoms with Gasteiger partial charge in [0.2, 0.25) is 0 Å². The minimum atomic E-state index is 0. The number of aromatic nitrogens is 4. The standard InChI is InChI=1S/4C5H4IN.C2H6O.4ClH/c4*6-5-2-1-3-7-4-5;1-2-3;;;;/h4*1-4H;3H,2H2,1H3;4*1H. The number of H-pyrrole nitrogens is 4. The molecule has 0 atom stereocenters. The highest BCUT2D eigenvalue weighted by molar-refractivity contribution is 14.1. The summed E-state index contributed by atoms with van der Waals surface area (Å²) < 4.78 is 4.94. The van der Waals surface area contributed by atoms with Crippen LogP contribution in [0.4, 0.5) is 0 Å². The van der Waals surface area contributed by atoms with Crippen LogP contribution in [0.1, 0.15) is 6.92 Å². The second kappa shape index (κ2) is 34.6. The van der Waals surface area contributed by atoms with E-state index in [1.54, 1.807) is 6.92 Å². The Labute approximate surface area is 287 Å². The first-order chi connectivity index (χ1) is 15.0. The van der Waals surface area contributed by atoms with E-state index >= 15 is 0 Å². The van der Waals surface area contributed by atoms with Gasteiger partial charge in [-0.2, -0.15) is 0 Å². The summed E-state index contributed by atoms with van der Waals surface area (Å²) in [6.45, 7) is 1.93. The molecule has 5 N–H and O–H groups in total. The molecule has 0 aliphatic rings. The van der Waals surface area contributed by atoms with Gasteiger partial charge in [-0.3, -0.25) is 0 Å². The lowest BCUT2D eigenvalue weighted by Crippen LogP contribution is -3.00. The van der Waals surface area contributed by atoms with Gasteiger partial charge in [-0.15, -0.1) is 0 Å². The van der Waals surface area contributed by atoms with Crippen molar-refractivity contribution in [1.82, 2.24) is 0 Å². The fourth-order valence-corrected chi connectivity index (χ4v) is 3.04. The Morgan fingerprint density at radius 2 is 0.686 bits per heavy atom. The molecule has 5 nitrogen and oxygen atoms in total. The van der Waals surface area contributed by atoms with Crippen LogP contribution in [0.15, 0.2) is 98.1 Å². The Morgan fingerprint density at radius 1 is 0.514 bits per heavy atom. The molecule has 35 heavy (non-hydrogen) atoms. The van der Waals surface area contributed by atoms with E-state index in [2.05, 4.69) is 110 Å². The van der Waals surface area contributed by atoms with Crippen molar-refractivity contribution in [3.63, 3.8) is 0 Å². The van der Waals surface area contributed by atoms with Crippen LogP contribution in [0.25, 0.3) is 0 Å². The lowest BCUT2D eigenvalue weighted by molar-refractivity contribution is -0.379. The molecule has 0 saturated heterocycles. The van der Waals surface area contributed by atoms with E-state index in [1.165, 1.54) is 14.3 Å². The van der Waals surface area contributed by atoms with E-state index in [-0.39, 0.29) is 56.2 Å². The zero-order valence-electron chi connectivity index (χ0n) is 18.4. The third kappa shape index (κ3) is 34.6. The Kier molecular flexibility index (Phi) is 45.1. The number of aromatic amines is 4. The molecule has 0 fully saturated rings.